The zero-order valence-electron chi connectivity index (χ0n) is 10.5. The molecule has 0 aromatic rings. The van der Waals surface area contributed by atoms with Gasteiger partial charge in [0, 0.05) is 19.6 Å². The number of nitrogens with one attached hydrogen (secondary N) is 1. The smallest absolute Gasteiger partial charge is 0.311 e. The van der Waals surface area contributed by atoms with Crippen LogP contribution in [0.3, 0.4) is 0 Å². The summed E-state index contributed by atoms with van der Waals surface area (Å²) in [7, 11) is 0. The van der Waals surface area contributed by atoms with Crippen LogP contribution in [0.25, 0.3) is 0 Å². The molecule has 18 heavy (non-hydrogen) atoms. The standard InChI is InChI=1S/C13H20N2O3/c1-2-6-14-11(16)8-15-7-10-4-3-5-13(10,9-15)12(17)18/h2,10H,1,3-9H2,(H,14,16)(H,17,18)/t10-,13+/m0/s1. The summed E-state index contributed by atoms with van der Waals surface area (Å²) in [4.78, 5) is 25.0. The predicted octanol–water partition coefficient (Wildman–Crippen LogP) is 0.475. The van der Waals surface area contributed by atoms with E-state index in [0.717, 1.165) is 25.8 Å². The zero-order valence-corrected chi connectivity index (χ0v) is 10.5. The van der Waals surface area contributed by atoms with Crippen LogP contribution in [0, 0.1) is 11.3 Å². The van der Waals surface area contributed by atoms with Crippen molar-refractivity contribution in [1.82, 2.24) is 10.2 Å². The predicted molar refractivity (Wildman–Crippen MR) is 67.1 cm³/mol. The number of hydrogen-bond acceptors (Lipinski definition) is 3. The van der Waals surface area contributed by atoms with E-state index >= 15 is 0 Å². The molecule has 100 valence electrons. The van der Waals surface area contributed by atoms with Crippen LogP contribution in [-0.2, 0) is 9.59 Å². The summed E-state index contributed by atoms with van der Waals surface area (Å²) in [6.07, 6.45) is 4.34. The quantitative estimate of drug-likeness (QED) is 0.698. The normalized spacial score (nSPS) is 31.0. The molecule has 5 heteroatoms. The average Bonchev–Trinajstić information content (AvgIpc) is 2.83. The van der Waals surface area contributed by atoms with Crippen molar-refractivity contribution in [1.29, 1.82) is 0 Å². The summed E-state index contributed by atoms with van der Waals surface area (Å²) in [5, 5.41) is 12.1. The molecule has 2 rings (SSSR count). The molecule has 1 aliphatic carbocycles. The molecule has 2 aliphatic rings. The third-order valence-corrected chi connectivity index (χ3v) is 4.18. The lowest BCUT2D eigenvalue weighted by Crippen LogP contribution is -2.39. The first-order valence-electron chi connectivity index (χ1n) is 6.42. The Hall–Kier alpha value is -1.36. The molecule has 0 bridgehead atoms. The second-order valence-corrected chi connectivity index (χ2v) is 5.31. The highest BCUT2D eigenvalue weighted by atomic mass is 16.4. The summed E-state index contributed by atoms with van der Waals surface area (Å²) in [6.45, 7) is 5.53. The molecule has 1 amide bonds. The molecule has 0 aromatic carbocycles. The van der Waals surface area contributed by atoms with E-state index in [4.69, 9.17) is 0 Å². The highest BCUT2D eigenvalue weighted by molar-refractivity contribution is 5.79. The van der Waals surface area contributed by atoms with Gasteiger partial charge in [-0.15, -0.1) is 6.58 Å². The van der Waals surface area contributed by atoms with Gasteiger partial charge in [0.25, 0.3) is 0 Å². The lowest BCUT2D eigenvalue weighted by molar-refractivity contribution is -0.149. The number of hydrogen-bond donors (Lipinski definition) is 2. The average molecular weight is 252 g/mol. The summed E-state index contributed by atoms with van der Waals surface area (Å²) in [6, 6.07) is 0. The van der Waals surface area contributed by atoms with Gasteiger partial charge in [-0.25, -0.2) is 0 Å². The SMILES string of the molecule is C=CCNC(=O)CN1C[C@@H]2CCC[C@@]2(C(=O)O)C1. The van der Waals surface area contributed by atoms with Gasteiger partial charge >= 0.3 is 5.97 Å². The molecule has 0 spiro atoms. The van der Waals surface area contributed by atoms with Gasteiger partial charge in [0.2, 0.25) is 5.91 Å². The Kier molecular flexibility index (Phi) is 3.71. The van der Waals surface area contributed by atoms with Gasteiger partial charge in [-0.1, -0.05) is 12.5 Å². The van der Waals surface area contributed by atoms with Crippen LogP contribution in [0.5, 0.6) is 0 Å². The molecule has 0 unspecified atom stereocenters. The Morgan fingerprint density at radius 2 is 2.33 bits per heavy atom. The van der Waals surface area contributed by atoms with Crippen molar-refractivity contribution in [3.63, 3.8) is 0 Å². The number of fused-ring (bicyclic) bond motifs is 1. The lowest BCUT2D eigenvalue weighted by atomic mass is 9.81. The van der Waals surface area contributed by atoms with E-state index in [1.54, 1.807) is 6.08 Å². The summed E-state index contributed by atoms with van der Waals surface area (Å²) in [5.74, 6) is -0.545. The molecule has 2 fully saturated rings. The topological polar surface area (TPSA) is 69.6 Å². The Morgan fingerprint density at radius 3 is 2.94 bits per heavy atom. The highest BCUT2D eigenvalue weighted by Gasteiger charge is 2.54. The van der Waals surface area contributed by atoms with Crippen molar-refractivity contribution in [2.45, 2.75) is 19.3 Å². The fraction of sp³-hybridized carbons (Fsp3) is 0.692. The second kappa shape index (κ2) is 5.10. The number of amides is 1. The zero-order chi connectivity index (χ0) is 13.2. The van der Waals surface area contributed by atoms with E-state index in [0.29, 0.717) is 19.6 Å². The molecule has 1 heterocycles. The fourth-order valence-electron chi connectivity index (χ4n) is 3.31. The van der Waals surface area contributed by atoms with Crippen LogP contribution in [0.15, 0.2) is 12.7 Å². The van der Waals surface area contributed by atoms with E-state index in [2.05, 4.69) is 11.9 Å². The van der Waals surface area contributed by atoms with E-state index in [1.165, 1.54) is 0 Å². The first kappa shape index (κ1) is 13.1. The van der Waals surface area contributed by atoms with E-state index < -0.39 is 11.4 Å². The van der Waals surface area contributed by atoms with Crippen LogP contribution in [0.4, 0.5) is 0 Å². The molecule has 5 nitrogen and oxygen atoms in total. The molecule has 2 N–H and O–H groups in total. The third-order valence-electron chi connectivity index (χ3n) is 4.18. The second-order valence-electron chi connectivity index (χ2n) is 5.31. The van der Waals surface area contributed by atoms with Gasteiger partial charge in [-0.3, -0.25) is 14.5 Å². The summed E-state index contributed by atoms with van der Waals surface area (Å²) < 4.78 is 0. The Labute approximate surface area is 107 Å². The third kappa shape index (κ3) is 2.27. The lowest BCUT2D eigenvalue weighted by Gasteiger charge is -2.23. The molecule has 1 saturated carbocycles. The first-order valence-corrected chi connectivity index (χ1v) is 6.42. The molecule has 2 atom stereocenters. The largest absolute Gasteiger partial charge is 0.481 e. The number of carboxylic acids is 1. The van der Waals surface area contributed by atoms with Crippen molar-refractivity contribution < 1.29 is 14.7 Å². The molecule has 1 aliphatic heterocycles. The van der Waals surface area contributed by atoms with Gasteiger partial charge in [-0.05, 0) is 18.8 Å². The van der Waals surface area contributed by atoms with Crippen molar-refractivity contribution in [2.75, 3.05) is 26.2 Å². The van der Waals surface area contributed by atoms with E-state index in [1.807, 2.05) is 4.90 Å². The molecule has 1 saturated heterocycles. The first-order chi connectivity index (χ1) is 8.58. The number of carbonyl (C=O) groups excluding carboxylic acids is 1. The van der Waals surface area contributed by atoms with Gasteiger partial charge in [0.1, 0.15) is 0 Å². The molecule has 0 radical (unpaired) electrons. The van der Waals surface area contributed by atoms with Crippen LogP contribution >= 0.6 is 0 Å². The monoisotopic (exact) mass is 252 g/mol. The highest BCUT2D eigenvalue weighted by Crippen LogP contribution is 2.48. The van der Waals surface area contributed by atoms with Crippen molar-refractivity contribution in [3.05, 3.63) is 12.7 Å². The molecular weight excluding hydrogens is 232 g/mol. The fourth-order valence-corrected chi connectivity index (χ4v) is 3.31. The van der Waals surface area contributed by atoms with Gasteiger partial charge in [-0.2, -0.15) is 0 Å². The Bertz CT molecular complexity index is 369. The van der Waals surface area contributed by atoms with Crippen LogP contribution in [0.1, 0.15) is 19.3 Å². The Morgan fingerprint density at radius 1 is 1.56 bits per heavy atom. The minimum atomic E-state index is -0.695. The van der Waals surface area contributed by atoms with Gasteiger partial charge in [0.15, 0.2) is 0 Å². The maximum atomic E-state index is 11.6. The van der Waals surface area contributed by atoms with Crippen LogP contribution in [-0.4, -0.2) is 48.1 Å². The van der Waals surface area contributed by atoms with Crippen molar-refractivity contribution in [3.8, 4) is 0 Å². The number of carbonyl (C=O) groups is 2. The minimum Gasteiger partial charge on any atom is -0.481 e. The van der Waals surface area contributed by atoms with Gasteiger partial charge in [0.05, 0.1) is 12.0 Å². The number of aliphatic carboxylic acids is 1. The number of nitrogens with zero attached hydrogens (tertiary/aromatic N) is 1. The molecular formula is C13H20N2O3. The van der Waals surface area contributed by atoms with E-state index in [-0.39, 0.29) is 11.8 Å². The summed E-state index contributed by atoms with van der Waals surface area (Å²) >= 11 is 0. The molecule has 0 aromatic heterocycles. The number of rotatable bonds is 5. The maximum absolute atomic E-state index is 11.6. The summed E-state index contributed by atoms with van der Waals surface area (Å²) in [5.41, 5.74) is -0.598. The van der Waals surface area contributed by atoms with Crippen LogP contribution < -0.4 is 5.32 Å². The maximum Gasteiger partial charge on any atom is 0.311 e. The minimum absolute atomic E-state index is 0.0598. The van der Waals surface area contributed by atoms with Crippen molar-refractivity contribution >= 4 is 11.9 Å². The van der Waals surface area contributed by atoms with Crippen LogP contribution in [0.2, 0.25) is 0 Å². The number of carboxylic acid groups (broad SMARTS) is 1. The van der Waals surface area contributed by atoms with Gasteiger partial charge < -0.3 is 10.4 Å². The van der Waals surface area contributed by atoms with E-state index in [9.17, 15) is 14.7 Å². The Balaban J connectivity index is 1.93. The number of likely N-dealkylation sites (tertiary alicyclic amines) is 1. The van der Waals surface area contributed by atoms with Crippen molar-refractivity contribution in [2.24, 2.45) is 11.3 Å².